The molecule has 0 fully saturated rings. The Morgan fingerprint density at radius 3 is 3.00 bits per heavy atom. The van der Waals surface area contributed by atoms with Crippen LogP contribution in [0.3, 0.4) is 0 Å². The fourth-order valence-corrected chi connectivity index (χ4v) is 2.35. The third-order valence-electron chi connectivity index (χ3n) is 2.67. The number of carbonyl (C=O) groups is 1. The quantitative estimate of drug-likeness (QED) is 0.766. The second-order valence-electron chi connectivity index (χ2n) is 4.41. The van der Waals surface area contributed by atoms with Gasteiger partial charge < -0.3 is 10.6 Å². The van der Waals surface area contributed by atoms with Crippen LogP contribution < -0.4 is 10.6 Å². The third-order valence-corrected chi connectivity index (χ3v) is 3.50. The predicted octanol–water partition coefficient (Wildman–Crippen LogP) is 2.01. The number of hydrogen-bond donors (Lipinski definition) is 2. The Labute approximate surface area is 122 Å². The van der Waals surface area contributed by atoms with Gasteiger partial charge in [0.1, 0.15) is 0 Å². The average molecular weight is 290 g/mol. The first-order valence-electron chi connectivity index (χ1n) is 6.55. The van der Waals surface area contributed by atoms with Crippen LogP contribution in [-0.2, 0) is 11.2 Å². The standard InChI is InChI=1S/C14H18N4OS/c1-11-18-13(10-20-11)8-14(19)17-7-3-6-16-12-4-2-5-15-9-12/h2,4-5,9-10,16H,3,6-8H2,1H3,(H,17,19). The molecule has 0 radical (unpaired) electrons. The van der Waals surface area contributed by atoms with E-state index in [-0.39, 0.29) is 5.91 Å². The highest BCUT2D eigenvalue weighted by atomic mass is 32.1. The number of anilines is 1. The summed E-state index contributed by atoms with van der Waals surface area (Å²) in [5.41, 5.74) is 1.84. The Bertz CT molecular complexity index is 541. The van der Waals surface area contributed by atoms with Crippen molar-refractivity contribution in [3.63, 3.8) is 0 Å². The molecule has 2 heterocycles. The summed E-state index contributed by atoms with van der Waals surface area (Å²) < 4.78 is 0. The van der Waals surface area contributed by atoms with Crippen LogP contribution in [0.4, 0.5) is 5.69 Å². The molecule has 6 heteroatoms. The molecule has 106 valence electrons. The minimum absolute atomic E-state index is 0.0247. The Morgan fingerprint density at radius 2 is 2.30 bits per heavy atom. The van der Waals surface area contributed by atoms with Gasteiger partial charge >= 0.3 is 0 Å². The molecule has 0 aliphatic carbocycles. The van der Waals surface area contributed by atoms with E-state index < -0.39 is 0 Å². The second-order valence-corrected chi connectivity index (χ2v) is 5.47. The van der Waals surface area contributed by atoms with Gasteiger partial charge in [0, 0.05) is 30.9 Å². The molecule has 2 N–H and O–H groups in total. The molecule has 5 nitrogen and oxygen atoms in total. The maximum Gasteiger partial charge on any atom is 0.226 e. The lowest BCUT2D eigenvalue weighted by molar-refractivity contribution is -0.120. The van der Waals surface area contributed by atoms with Crippen LogP contribution in [0.5, 0.6) is 0 Å². The Kier molecular flexibility index (Phi) is 5.49. The molecule has 2 aromatic heterocycles. The van der Waals surface area contributed by atoms with Crippen molar-refractivity contribution in [2.24, 2.45) is 0 Å². The molecular weight excluding hydrogens is 272 g/mol. The van der Waals surface area contributed by atoms with Gasteiger partial charge in [-0.3, -0.25) is 9.78 Å². The first kappa shape index (κ1) is 14.5. The average Bonchev–Trinajstić information content (AvgIpc) is 2.85. The van der Waals surface area contributed by atoms with E-state index in [1.165, 1.54) is 0 Å². The number of rotatable bonds is 7. The van der Waals surface area contributed by atoms with E-state index in [9.17, 15) is 4.79 Å². The van der Waals surface area contributed by atoms with Crippen molar-refractivity contribution < 1.29 is 4.79 Å². The Balaban J connectivity index is 1.58. The number of aromatic nitrogens is 2. The molecule has 0 saturated heterocycles. The summed E-state index contributed by atoms with van der Waals surface area (Å²) in [7, 11) is 0. The lowest BCUT2D eigenvalue weighted by atomic mass is 10.3. The van der Waals surface area contributed by atoms with Gasteiger partial charge in [-0.2, -0.15) is 0 Å². The highest BCUT2D eigenvalue weighted by Gasteiger charge is 2.05. The molecule has 2 rings (SSSR count). The largest absolute Gasteiger partial charge is 0.384 e. The molecular formula is C14H18N4OS. The summed E-state index contributed by atoms with van der Waals surface area (Å²) >= 11 is 1.57. The van der Waals surface area contributed by atoms with Crippen LogP contribution in [0.25, 0.3) is 0 Å². The van der Waals surface area contributed by atoms with Gasteiger partial charge in [0.15, 0.2) is 0 Å². The van der Waals surface area contributed by atoms with Crippen LogP contribution in [0, 0.1) is 6.92 Å². The number of carbonyl (C=O) groups excluding carboxylic acids is 1. The van der Waals surface area contributed by atoms with Crippen molar-refractivity contribution in [2.75, 3.05) is 18.4 Å². The van der Waals surface area contributed by atoms with Gasteiger partial charge in [-0.1, -0.05) is 0 Å². The van der Waals surface area contributed by atoms with Gasteiger partial charge in [-0.25, -0.2) is 4.98 Å². The monoisotopic (exact) mass is 290 g/mol. The summed E-state index contributed by atoms with van der Waals surface area (Å²) in [6.45, 7) is 3.41. The summed E-state index contributed by atoms with van der Waals surface area (Å²) in [5.74, 6) is 0.0247. The van der Waals surface area contributed by atoms with E-state index in [2.05, 4.69) is 20.6 Å². The zero-order chi connectivity index (χ0) is 14.2. The van der Waals surface area contributed by atoms with Gasteiger partial charge in [0.05, 0.1) is 22.8 Å². The van der Waals surface area contributed by atoms with Gasteiger partial charge in [0.25, 0.3) is 0 Å². The van der Waals surface area contributed by atoms with E-state index in [4.69, 9.17) is 0 Å². The molecule has 20 heavy (non-hydrogen) atoms. The predicted molar refractivity (Wildman–Crippen MR) is 80.9 cm³/mol. The van der Waals surface area contributed by atoms with Crippen LogP contribution in [0.2, 0.25) is 0 Å². The Hall–Kier alpha value is -1.95. The van der Waals surface area contributed by atoms with Crippen LogP contribution in [0.15, 0.2) is 29.9 Å². The number of nitrogens with zero attached hydrogens (tertiary/aromatic N) is 2. The summed E-state index contributed by atoms with van der Waals surface area (Å²) in [6.07, 6.45) is 4.76. The molecule has 0 atom stereocenters. The van der Waals surface area contributed by atoms with Gasteiger partial charge in [0.2, 0.25) is 5.91 Å². The fraction of sp³-hybridized carbons (Fsp3) is 0.357. The molecule has 2 aromatic rings. The van der Waals surface area contributed by atoms with Crippen LogP contribution >= 0.6 is 11.3 Å². The number of amides is 1. The van der Waals surface area contributed by atoms with E-state index in [1.54, 1.807) is 23.7 Å². The fourth-order valence-electron chi connectivity index (χ4n) is 1.73. The molecule has 0 unspecified atom stereocenters. The summed E-state index contributed by atoms with van der Waals surface area (Å²) in [4.78, 5) is 20.0. The molecule has 0 saturated carbocycles. The third kappa shape index (κ3) is 4.97. The van der Waals surface area contributed by atoms with Crippen LogP contribution in [-0.4, -0.2) is 29.0 Å². The molecule has 0 aliphatic rings. The van der Waals surface area contributed by atoms with Crippen molar-refractivity contribution in [3.8, 4) is 0 Å². The molecule has 0 bridgehead atoms. The maximum absolute atomic E-state index is 11.7. The lowest BCUT2D eigenvalue weighted by Gasteiger charge is -2.06. The number of aryl methyl sites for hydroxylation is 1. The van der Waals surface area contributed by atoms with E-state index in [1.807, 2.05) is 24.4 Å². The van der Waals surface area contributed by atoms with E-state index in [0.717, 1.165) is 29.4 Å². The molecule has 0 aliphatic heterocycles. The highest BCUT2D eigenvalue weighted by Crippen LogP contribution is 2.08. The first-order chi connectivity index (χ1) is 9.74. The number of thiazole rings is 1. The topological polar surface area (TPSA) is 66.9 Å². The van der Waals surface area contributed by atoms with Crippen molar-refractivity contribution in [1.29, 1.82) is 0 Å². The van der Waals surface area contributed by atoms with Crippen molar-refractivity contribution in [2.45, 2.75) is 19.8 Å². The number of hydrogen-bond acceptors (Lipinski definition) is 5. The first-order valence-corrected chi connectivity index (χ1v) is 7.43. The normalized spacial score (nSPS) is 10.2. The summed E-state index contributed by atoms with van der Waals surface area (Å²) in [6, 6.07) is 3.86. The summed E-state index contributed by atoms with van der Waals surface area (Å²) in [5, 5.41) is 9.07. The van der Waals surface area contributed by atoms with Crippen LogP contribution in [0.1, 0.15) is 17.1 Å². The van der Waals surface area contributed by atoms with Gasteiger partial charge in [-0.05, 0) is 25.5 Å². The van der Waals surface area contributed by atoms with Crippen molar-refractivity contribution in [1.82, 2.24) is 15.3 Å². The molecule has 1 amide bonds. The second kappa shape index (κ2) is 7.59. The highest BCUT2D eigenvalue weighted by molar-refractivity contribution is 7.09. The Morgan fingerprint density at radius 1 is 1.40 bits per heavy atom. The number of nitrogens with one attached hydrogen (secondary N) is 2. The zero-order valence-electron chi connectivity index (χ0n) is 11.4. The zero-order valence-corrected chi connectivity index (χ0v) is 12.2. The van der Waals surface area contributed by atoms with E-state index in [0.29, 0.717) is 13.0 Å². The lowest BCUT2D eigenvalue weighted by Crippen LogP contribution is -2.27. The van der Waals surface area contributed by atoms with E-state index >= 15 is 0 Å². The molecule has 0 aromatic carbocycles. The molecule has 0 spiro atoms. The van der Waals surface area contributed by atoms with Gasteiger partial charge in [-0.15, -0.1) is 11.3 Å². The minimum atomic E-state index is 0.0247. The SMILES string of the molecule is Cc1nc(CC(=O)NCCCNc2cccnc2)cs1. The maximum atomic E-state index is 11.7. The number of pyridine rings is 1. The van der Waals surface area contributed by atoms with Crippen molar-refractivity contribution >= 4 is 22.9 Å². The smallest absolute Gasteiger partial charge is 0.226 e. The van der Waals surface area contributed by atoms with Crippen molar-refractivity contribution in [3.05, 3.63) is 40.6 Å². The minimum Gasteiger partial charge on any atom is -0.384 e.